The van der Waals surface area contributed by atoms with E-state index >= 15 is 0 Å². The zero-order chi connectivity index (χ0) is 9.84. The summed E-state index contributed by atoms with van der Waals surface area (Å²) < 4.78 is 5.38. The quantitative estimate of drug-likeness (QED) is 0.733. The van der Waals surface area contributed by atoms with E-state index in [1.807, 2.05) is 26.5 Å². The largest absolute Gasteiger partial charge is 0.328 e. The molecule has 4 heteroatoms. The van der Waals surface area contributed by atoms with Gasteiger partial charge >= 0.3 is 58.8 Å². The van der Waals surface area contributed by atoms with Crippen molar-refractivity contribution in [1.29, 1.82) is 0 Å². The van der Waals surface area contributed by atoms with Crippen LogP contribution in [0.15, 0.2) is 12.4 Å². The Morgan fingerprint density at radius 2 is 1.69 bits per heavy atom. The van der Waals surface area contributed by atoms with Gasteiger partial charge < -0.3 is 5.73 Å². The van der Waals surface area contributed by atoms with Gasteiger partial charge in [-0.15, -0.1) is 0 Å². The molecule has 0 atom stereocenters. The van der Waals surface area contributed by atoms with Gasteiger partial charge in [0, 0.05) is 6.04 Å². The van der Waals surface area contributed by atoms with E-state index in [1.165, 1.54) is 23.1 Å². The molecule has 1 aliphatic carbocycles. The normalized spacial score (nSPS) is 16.1. The molecule has 3 nitrogen and oxygen atoms in total. The van der Waals surface area contributed by atoms with Gasteiger partial charge in [-0.05, 0) is 12.8 Å². The minimum atomic E-state index is 0.565. The van der Waals surface area contributed by atoms with Crippen LogP contribution in [0.5, 0.6) is 0 Å². The van der Waals surface area contributed by atoms with E-state index in [0.29, 0.717) is 6.04 Å². The smallest absolute Gasteiger partial charge is 0.00388 e. The molecular weight excluding hydrogens is 345 g/mol. The molecule has 1 aromatic heterocycles. The third kappa shape index (κ3) is 3.24. The van der Waals surface area contributed by atoms with Crippen LogP contribution in [0.3, 0.4) is 0 Å². The Morgan fingerprint density at radius 3 is 1.77 bits per heavy atom. The van der Waals surface area contributed by atoms with Crippen LogP contribution in [0.4, 0.5) is 0 Å². The Labute approximate surface area is 90.0 Å². The van der Waals surface area contributed by atoms with Gasteiger partial charge in [-0.25, -0.2) is 0 Å². The molecule has 1 saturated carbocycles. The third-order valence-electron chi connectivity index (χ3n) is 2.20. The monoisotopic (exact) mass is 362 g/mol. The second kappa shape index (κ2) is 4.92. The molecule has 1 aromatic rings. The van der Waals surface area contributed by atoms with E-state index < -0.39 is 0 Å². The predicted octanol–water partition coefficient (Wildman–Crippen LogP) is 0.940. The molecule has 0 bridgehead atoms. The van der Waals surface area contributed by atoms with Crippen LogP contribution >= 0.6 is 0 Å². The number of hydrogen-bond donors (Lipinski definition) is 1. The fraction of sp³-hybridized carbons (Fsp3) is 0.667. The summed E-state index contributed by atoms with van der Waals surface area (Å²) in [5.74, 6) is 0. The summed E-state index contributed by atoms with van der Waals surface area (Å²) in [5, 5.41) is 0. The number of aryl methyl sites for hydroxylation is 2. The maximum absolute atomic E-state index is 5.38. The van der Waals surface area contributed by atoms with Gasteiger partial charge in [-0.1, -0.05) is 6.42 Å². The van der Waals surface area contributed by atoms with Gasteiger partial charge in [-0.3, -0.25) is 0 Å². The van der Waals surface area contributed by atoms with Crippen LogP contribution in [-0.4, -0.2) is 15.2 Å². The van der Waals surface area contributed by atoms with Crippen molar-refractivity contribution in [1.82, 2.24) is 9.13 Å². The van der Waals surface area contributed by atoms with E-state index in [1.54, 1.807) is 0 Å². The second-order valence-electron chi connectivity index (χ2n) is 3.45. The van der Waals surface area contributed by atoms with Crippen molar-refractivity contribution in [2.75, 3.05) is 0 Å². The number of rotatable bonds is 0. The predicted molar refractivity (Wildman–Crippen MR) is 49.5 cm³/mol. The van der Waals surface area contributed by atoms with Crippen molar-refractivity contribution >= 4 is 0 Å². The van der Waals surface area contributed by atoms with Crippen LogP contribution in [-0.2, 0) is 33.4 Å². The minimum Gasteiger partial charge on any atom is -0.328 e. The molecule has 1 heterocycles. The maximum atomic E-state index is 5.38. The number of hydrogen-bond acceptors (Lipinski definition) is 1. The van der Waals surface area contributed by atoms with Gasteiger partial charge in [0.2, 0.25) is 0 Å². The zero-order valence-corrected chi connectivity index (χ0v) is 10.4. The summed E-state index contributed by atoms with van der Waals surface area (Å²) in [6.07, 6.45) is 7.95. The van der Waals surface area contributed by atoms with Crippen LogP contribution < -0.4 is 5.73 Å². The molecule has 13 heavy (non-hydrogen) atoms. The van der Waals surface area contributed by atoms with Crippen molar-refractivity contribution in [3.05, 3.63) is 16.2 Å². The summed E-state index contributed by atoms with van der Waals surface area (Å²) in [5.41, 5.74) is 5.38. The van der Waals surface area contributed by atoms with E-state index in [4.69, 9.17) is 5.73 Å². The number of nitrogens with zero attached hydrogens (tertiary/aromatic N) is 2. The van der Waals surface area contributed by atoms with Gasteiger partial charge in [-0.2, -0.15) is 0 Å². The Morgan fingerprint density at radius 1 is 1.31 bits per heavy atom. The molecule has 2 rings (SSSR count). The molecule has 2 N–H and O–H groups in total. The number of imidazole rings is 1. The SMILES string of the molecule is Cn1ccn(C)[c]1=[Pt].NC1CCC1. The molecule has 0 unspecified atom stereocenters. The molecule has 0 radical (unpaired) electrons. The van der Waals surface area contributed by atoms with Gasteiger partial charge in [0.15, 0.2) is 0 Å². The topological polar surface area (TPSA) is 35.9 Å². The first kappa shape index (κ1) is 10.9. The summed E-state index contributed by atoms with van der Waals surface area (Å²) in [6.45, 7) is 0. The third-order valence-corrected chi connectivity index (χ3v) is 3.81. The average molecular weight is 362 g/mol. The summed E-state index contributed by atoms with van der Waals surface area (Å²) in [6, 6.07) is 0.565. The molecule has 0 amide bonds. The first-order valence-corrected chi connectivity index (χ1v) is 5.64. The van der Waals surface area contributed by atoms with Gasteiger partial charge in [0.1, 0.15) is 0 Å². The van der Waals surface area contributed by atoms with E-state index in [9.17, 15) is 0 Å². The Balaban J connectivity index is 0.000000145. The van der Waals surface area contributed by atoms with Crippen molar-refractivity contribution < 1.29 is 19.4 Å². The first-order chi connectivity index (χ1) is 6.11. The molecule has 0 aromatic carbocycles. The van der Waals surface area contributed by atoms with Crippen molar-refractivity contribution in [3.8, 4) is 0 Å². The zero-order valence-electron chi connectivity index (χ0n) is 8.14. The summed E-state index contributed by atoms with van der Waals surface area (Å²) in [7, 11) is 4.06. The van der Waals surface area contributed by atoms with Gasteiger partial charge in [0.05, 0.1) is 0 Å². The van der Waals surface area contributed by atoms with E-state index in [-0.39, 0.29) is 0 Å². The van der Waals surface area contributed by atoms with Crippen LogP contribution in [0.2, 0.25) is 0 Å². The fourth-order valence-corrected chi connectivity index (χ4v) is 1.34. The average Bonchev–Trinajstić information content (AvgIpc) is 2.34. The molecule has 0 spiro atoms. The fourth-order valence-electron chi connectivity index (χ4n) is 1.00. The summed E-state index contributed by atoms with van der Waals surface area (Å²) >= 11 is 2.27. The van der Waals surface area contributed by atoms with Crippen molar-refractivity contribution in [3.63, 3.8) is 0 Å². The van der Waals surface area contributed by atoms with Crippen LogP contribution in [0.25, 0.3) is 0 Å². The molecule has 78 valence electrons. The van der Waals surface area contributed by atoms with E-state index in [0.717, 1.165) is 0 Å². The number of aromatic nitrogens is 2. The van der Waals surface area contributed by atoms with Crippen molar-refractivity contribution in [2.45, 2.75) is 25.3 Å². The van der Waals surface area contributed by atoms with Gasteiger partial charge in [0.25, 0.3) is 0 Å². The Hall–Kier alpha value is -0.142. The molecule has 1 fully saturated rings. The second-order valence-corrected chi connectivity index (χ2v) is 4.47. The minimum absolute atomic E-state index is 0.565. The molecular formula is C9H17N3Pt. The molecule has 0 saturated heterocycles. The van der Waals surface area contributed by atoms with E-state index in [2.05, 4.69) is 28.5 Å². The standard InChI is InChI=1S/C5H8N2.C4H9N.Pt/c1-6-3-4-7(2)5-6;5-4-2-1-3-4;/h3-4H,1-2H3;4H,1-3,5H2;. The maximum Gasteiger partial charge on any atom is 0.00388 e. The van der Waals surface area contributed by atoms with Crippen LogP contribution in [0, 0.1) is 3.80 Å². The summed E-state index contributed by atoms with van der Waals surface area (Å²) in [4.78, 5) is 0. The number of nitrogens with two attached hydrogens (primary N) is 1. The molecule has 0 aliphatic heterocycles. The first-order valence-electron chi connectivity index (χ1n) is 4.50. The van der Waals surface area contributed by atoms with Crippen molar-refractivity contribution in [2.24, 2.45) is 19.8 Å². The van der Waals surface area contributed by atoms with Crippen LogP contribution in [0.1, 0.15) is 19.3 Å². The Bertz CT molecular complexity index is 286. The Kier molecular flexibility index (Phi) is 4.14. The molecule has 1 aliphatic rings.